The summed E-state index contributed by atoms with van der Waals surface area (Å²) in [6, 6.07) is 12.7. The molecule has 1 aliphatic heterocycles. The summed E-state index contributed by atoms with van der Waals surface area (Å²) in [4.78, 5) is 12.8. The molecule has 6 atom stereocenters. The molecule has 5 rings (SSSR count). The number of aryl methyl sites for hydroxylation is 1. The van der Waals surface area contributed by atoms with Gasteiger partial charge in [-0.2, -0.15) is 0 Å². The fourth-order valence-electron chi connectivity index (χ4n) is 6.75. The fourth-order valence-corrected chi connectivity index (χ4v) is 6.75. The Balaban J connectivity index is 1.21. The quantitative estimate of drug-likeness (QED) is 0.321. The van der Waals surface area contributed by atoms with Crippen molar-refractivity contribution in [2.45, 2.75) is 64.4 Å². The minimum Gasteiger partial charge on any atom is -0.469 e. The molecule has 2 saturated carbocycles. The second kappa shape index (κ2) is 9.13. The number of carbonyl (C=O) groups excluding carboxylic acids is 1. The fraction of sp³-hybridized carbons (Fsp3) is 0.552. The van der Waals surface area contributed by atoms with E-state index in [0.29, 0.717) is 18.4 Å². The third-order valence-electron chi connectivity index (χ3n) is 8.66. The summed E-state index contributed by atoms with van der Waals surface area (Å²) in [5.74, 6) is 1.99. The minimum atomic E-state index is -0.0456. The lowest BCUT2D eigenvalue weighted by Gasteiger charge is -2.50. The van der Waals surface area contributed by atoms with Crippen LogP contribution in [0.1, 0.15) is 68.3 Å². The molecule has 0 radical (unpaired) electrons. The summed E-state index contributed by atoms with van der Waals surface area (Å²) in [7, 11) is 0. The van der Waals surface area contributed by atoms with E-state index in [2.05, 4.69) is 56.1 Å². The molecular formula is C29H37NO3. The van der Waals surface area contributed by atoms with Crippen LogP contribution in [0.15, 0.2) is 59.2 Å². The average molecular weight is 448 g/mol. The Hall–Kier alpha value is -2.33. The normalized spacial score (nSPS) is 32.2. The highest BCUT2D eigenvalue weighted by atomic mass is 16.6. The van der Waals surface area contributed by atoms with Crippen LogP contribution in [0.3, 0.4) is 0 Å². The largest absolute Gasteiger partial charge is 0.469 e. The molecule has 4 nitrogen and oxygen atoms in total. The number of nitrogens with one attached hydrogen (secondary N) is 1. The molecule has 0 spiro atoms. The highest BCUT2D eigenvalue weighted by Crippen LogP contribution is 2.56. The molecule has 1 saturated heterocycles. The Morgan fingerprint density at radius 1 is 1.24 bits per heavy atom. The minimum absolute atomic E-state index is 0.00789. The van der Waals surface area contributed by atoms with E-state index in [-0.39, 0.29) is 29.3 Å². The lowest BCUT2D eigenvalue weighted by atomic mass is 9.55. The number of fused-ring (bicyclic) bond motifs is 2. The van der Waals surface area contributed by atoms with Crippen LogP contribution in [0.4, 0.5) is 0 Å². The van der Waals surface area contributed by atoms with E-state index in [0.717, 1.165) is 38.0 Å². The predicted octanol–water partition coefficient (Wildman–Crippen LogP) is 6.01. The van der Waals surface area contributed by atoms with Crippen molar-refractivity contribution in [2.24, 2.45) is 23.2 Å². The van der Waals surface area contributed by atoms with E-state index in [9.17, 15) is 4.79 Å². The van der Waals surface area contributed by atoms with Gasteiger partial charge in [-0.25, -0.2) is 0 Å². The predicted molar refractivity (Wildman–Crippen MR) is 130 cm³/mol. The van der Waals surface area contributed by atoms with Crippen LogP contribution in [0.25, 0.3) is 0 Å². The SMILES string of the molecule is C=C1CCC[C@]2(C)C[C@H]3OC(=O)[C@H](CNCC[C@@H](c4ccc(C)cc4)c4ccco4)[C@@H]3C[C@H]12. The molecule has 1 aromatic heterocycles. The molecule has 4 heteroatoms. The van der Waals surface area contributed by atoms with Crippen molar-refractivity contribution < 1.29 is 13.9 Å². The number of esters is 1. The molecule has 176 valence electrons. The van der Waals surface area contributed by atoms with E-state index < -0.39 is 0 Å². The average Bonchev–Trinajstić information content (AvgIpc) is 3.41. The number of rotatable bonds is 7. The van der Waals surface area contributed by atoms with Gasteiger partial charge in [0.15, 0.2) is 0 Å². The van der Waals surface area contributed by atoms with Crippen molar-refractivity contribution in [2.75, 3.05) is 13.1 Å². The van der Waals surface area contributed by atoms with Gasteiger partial charge in [-0.05, 0) is 81.0 Å². The number of hydrogen-bond acceptors (Lipinski definition) is 4. The van der Waals surface area contributed by atoms with Crippen LogP contribution in [0.2, 0.25) is 0 Å². The van der Waals surface area contributed by atoms with Crippen LogP contribution in [0, 0.1) is 30.1 Å². The highest BCUT2D eigenvalue weighted by Gasteiger charge is 2.54. The molecule has 1 aromatic carbocycles. The van der Waals surface area contributed by atoms with Crippen molar-refractivity contribution in [1.82, 2.24) is 5.32 Å². The summed E-state index contributed by atoms with van der Waals surface area (Å²) in [6.07, 6.45) is 8.39. The van der Waals surface area contributed by atoms with Gasteiger partial charge in [-0.15, -0.1) is 0 Å². The van der Waals surface area contributed by atoms with E-state index in [1.807, 2.05) is 6.07 Å². The zero-order valence-corrected chi connectivity index (χ0v) is 20.0. The maximum atomic E-state index is 12.8. The number of furan rings is 1. The van der Waals surface area contributed by atoms with Crippen LogP contribution in [-0.4, -0.2) is 25.2 Å². The summed E-state index contributed by atoms with van der Waals surface area (Å²) < 4.78 is 11.7. The van der Waals surface area contributed by atoms with Crippen molar-refractivity contribution in [3.05, 3.63) is 71.7 Å². The van der Waals surface area contributed by atoms with Crippen molar-refractivity contribution in [3.8, 4) is 0 Å². The first-order valence-electron chi connectivity index (χ1n) is 12.6. The number of benzene rings is 1. The summed E-state index contributed by atoms with van der Waals surface area (Å²) in [5.41, 5.74) is 4.17. The van der Waals surface area contributed by atoms with Gasteiger partial charge in [0, 0.05) is 18.4 Å². The van der Waals surface area contributed by atoms with E-state index in [1.54, 1.807) is 6.26 Å². The molecule has 1 N–H and O–H groups in total. The van der Waals surface area contributed by atoms with E-state index in [1.165, 1.54) is 29.5 Å². The van der Waals surface area contributed by atoms with Gasteiger partial charge >= 0.3 is 5.97 Å². The molecular weight excluding hydrogens is 410 g/mol. The molecule has 2 aliphatic carbocycles. The first-order chi connectivity index (χ1) is 15.9. The Morgan fingerprint density at radius 2 is 2.06 bits per heavy atom. The smallest absolute Gasteiger partial charge is 0.310 e. The number of allylic oxidation sites excluding steroid dienone is 1. The molecule has 0 amide bonds. The third kappa shape index (κ3) is 4.42. The van der Waals surface area contributed by atoms with Gasteiger partial charge in [-0.1, -0.05) is 48.9 Å². The van der Waals surface area contributed by atoms with Crippen molar-refractivity contribution in [1.29, 1.82) is 0 Å². The molecule has 3 aliphatic rings. The van der Waals surface area contributed by atoms with Gasteiger partial charge in [-0.3, -0.25) is 4.79 Å². The summed E-state index contributed by atoms with van der Waals surface area (Å²) >= 11 is 0. The molecule has 2 aromatic rings. The maximum Gasteiger partial charge on any atom is 0.310 e. The van der Waals surface area contributed by atoms with Gasteiger partial charge in [0.1, 0.15) is 11.9 Å². The number of hydrogen-bond donors (Lipinski definition) is 1. The third-order valence-corrected chi connectivity index (χ3v) is 8.66. The zero-order valence-electron chi connectivity index (χ0n) is 20.0. The molecule has 33 heavy (non-hydrogen) atoms. The molecule has 0 unspecified atom stereocenters. The van der Waals surface area contributed by atoms with Crippen molar-refractivity contribution >= 4 is 5.97 Å². The first-order valence-corrected chi connectivity index (χ1v) is 12.6. The molecule has 3 fully saturated rings. The van der Waals surface area contributed by atoms with Crippen LogP contribution in [-0.2, 0) is 9.53 Å². The van der Waals surface area contributed by atoms with Crippen LogP contribution in [0.5, 0.6) is 0 Å². The topological polar surface area (TPSA) is 51.5 Å². The lowest BCUT2D eigenvalue weighted by Crippen LogP contribution is -2.45. The second-order valence-corrected chi connectivity index (χ2v) is 10.9. The zero-order chi connectivity index (χ0) is 23.0. The molecule has 0 bridgehead atoms. The lowest BCUT2D eigenvalue weighted by molar-refractivity contribution is -0.146. The van der Waals surface area contributed by atoms with Gasteiger partial charge in [0.25, 0.3) is 0 Å². The van der Waals surface area contributed by atoms with Gasteiger partial charge in [0.05, 0.1) is 12.2 Å². The maximum absolute atomic E-state index is 12.8. The monoisotopic (exact) mass is 447 g/mol. The Labute approximate surface area is 197 Å². The van der Waals surface area contributed by atoms with Gasteiger partial charge < -0.3 is 14.5 Å². The Morgan fingerprint density at radius 3 is 2.82 bits per heavy atom. The summed E-state index contributed by atoms with van der Waals surface area (Å²) in [6.45, 7) is 10.4. The van der Waals surface area contributed by atoms with Crippen molar-refractivity contribution in [3.63, 3.8) is 0 Å². The summed E-state index contributed by atoms with van der Waals surface area (Å²) in [5, 5.41) is 3.59. The number of carbonyl (C=O) groups is 1. The number of ether oxygens (including phenoxy) is 1. The Kier molecular flexibility index (Phi) is 6.22. The first kappa shape index (κ1) is 22.5. The van der Waals surface area contributed by atoms with E-state index >= 15 is 0 Å². The van der Waals surface area contributed by atoms with Crippen LogP contribution < -0.4 is 5.32 Å². The second-order valence-electron chi connectivity index (χ2n) is 10.9. The standard InChI is InChI=1S/C29H37NO3/c1-19-8-10-21(11-9-19)22(26-7-5-15-32-26)12-14-30-18-24-23-16-25-20(2)6-4-13-29(25,3)17-27(23)33-28(24)31/h5,7-11,15,22-25,27,30H,2,4,6,12-14,16-18H2,1,3H3/t22-,23-,24+,25+,27+,29+/m0/s1. The highest BCUT2D eigenvalue weighted by molar-refractivity contribution is 5.75. The molecule has 2 heterocycles. The van der Waals surface area contributed by atoms with E-state index in [4.69, 9.17) is 9.15 Å². The van der Waals surface area contributed by atoms with Gasteiger partial charge in [0.2, 0.25) is 0 Å². The Bertz CT molecular complexity index is 979. The van der Waals surface area contributed by atoms with Crippen LogP contribution >= 0.6 is 0 Å².